The summed E-state index contributed by atoms with van der Waals surface area (Å²) in [4.78, 5) is 0. The van der Waals surface area contributed by atoms with Gasteiger partial charge >= 0.3 is 0 Å². The van der Waals surface area contributed by atoms with Crippen molar-refractivity contribution in [2.45, 2.75) is 6.92 Å². The summed E-state index contributed by atoms with van der Waals surface area (Å²) in [6.45, 7) is 1.81. The van der Waals surface area contributed by atoms with Gasteiger partial charge in [0.1, 0.15) is 23.0 Å². The van der Waals surface area contributed by atoms with Crippen molar-refractivity contribution >= 4 is 18.0 Å². The number of phenols is 2. The van der Waals surface area contributed by atoms with E-state index in [0.29, 0.717) is 11.5 Å². The number of methoxy groups -OCH3 is 2. The van der Waals surface area contributed by atoms with Gasteiger partial charge in [0, 0.05) is 0 Å². The average molecular weight is 338 g/mol. The summed E-state index contributed by atoms with van der Waals surface area (Å²) in [6, 6.07) is 8.70. The molecule has 0 radical (unpaired) electrons. The molecule has 7 heteroatoms. The molecular formula is C16H19O6P. The van der Waals surface area contributed by atoms with Gasteiger partial charge in [0.05, 0.1) is 31.4 Å². The van der Waals surface area contributed by atoms with Gasteiger partial charge in [0.15, 0.2) is 0 Å². The largest absolute Gasteiger partial charge is 0.507 e. The predicted molar refractivity (Wildman–Crippen MR) is 87.8 cm³/mol. The Balaban J connectivity index is 2.72. The van der Waals surface area contributed by atoms with Crippen LogP contribution in [0.3, 0.4) is 0 Å². The number of benzene rings is 2. The molecule has 0 amide bonds. The van der Waals surface area contributed by atoms with Gasteiger partial charge in [0.2, 0.25) is 0 Å². The van der Waals surface area contributed by atoms with E-state index < -0.39 is 7.37 Å². The first-order valence-electron chi connectivity index (χ1n) is 6.96. The predicted octanol–water partition coefficient (Wildman–Crippen LogP) is 2.38. The molecule has 0 bridgehead atoms. The van der Waals surface area contributed by atoms with Gasteiger partial charge in [-0.1, -0.05) is 0 Å². The molecule has 2 aromatic rings. The Labute approximate surface area is 134 Å². The third-order valence-corrected chi connectivity index (χ3v) is 5.92. The Kier molecular flexibility index (Phi) is 5.19. The molecule has 2 rings (SSSR count). The maximum Gasteiger partial charge on any atom is 0.268 e. The molecule has 6 nitrogen and oxygen atoms in total. The highest BCUT2D eigenvalue weighted by Gasteiger charge is 2.34. The van der Waals surface area contributed by atoms with Gasteiger partial charge in [-0.15, -0.1) is 0 Å². The van der Waals surface area contributed by atoms with Gasteiger partial charge in [-0.2, -0.15) is 0 Å². The van der Waals surface area contributed by atoms with E-state index in [0.717, 1.165) is 0 Å². The molecule has 0 saturated heterocycles. The third-order valence-electron chi connectivity index (χ3n) is 3.31. The van der Waals surface area contributed by atoms with Gasteiger partial charge < -0.3 is 24.2 Å². The third kappa shape index (κ3) is 3.28. The lowest BCUT2D eigenvalue weighted by Crippen LogP contribution is -2.19. The van der Waals surface area contributed by atoms with Crippen molar-refractivity contribution in [2.75, 3.05) is 20.8 Å². The molecule has 2 aromatic carbocycles. The lowest BCUT2D eigenvalue weighted by Gasteiger charge is -2.21. The molecule has 0 fully saturated rings. The Bertz CT molecular complexity index is 686. The van der Waals surface area contributed by atoms with Gasteiger partial charge in [-0.25, -0.2) is 0 Å². The normalized spacial score (nSPS) is 11.3. The first-order chi connectivity index (χ1) is 11.0. The number of phenolic OH excluding ortho intramolecular Hbond substituents is 2. The van der Waals surface area contributed by atoms with Crippen molar-refractivity contribution in [1.82, 2.24) is 0 Å². The van der Waals surface area contributed by atoms with E-state index in [2.05, 4.69) is 0 Å². The lowest BCUT2D eigenvalue weighted by molar-refractivity contribution is 0.345. The Morgan fingerprint density at radius 2 is 1.35 bits per heavy atom. The molecule has 0 spiro atoms. The first kappa shape index (κ1) is 17.2. The maximum atomic E-state index is 13.5. The number of ether oxygens (including phenoxy) is 2. The van der Waals surface area contributed by atoms with Crippen LogP contribution in [0.5, 0.6) is 23.0 Å². The summed E-state index contributed by atoms with van der Waals surface area (Å²) >= 11 is 0. The molecule has 0 atom stereocenters. The summed E-state index contributed by atoms with van der Waals surface area (Å²) in [7, 11) is -0.813. The van der Waals surface area contributed by atoms with Gasteiger partial charge in [0.25, 0.3) is 7.37 Å². The van der Waals surface area contributed by atoms with Crippen molar-refractivity contribution in [3.8, 4) is 23.0 Å². The topological polar surface area (TPSA) is 85.2 Å². The maximum absolute atomic E-state index is 13.5. The van der Waals surface area contributed by atoms with Crippen LogP contribution in [0.2, 0.25) is 0 Å². The van der Waals surface area contributed by atoms with E-state index in [1.807, 2.05) is 0 Å². The second-order valence-corrected chi connectivity index (χ2v) is 7.00. The number of aromatic hydroxyl groups is 2. The van der Waals surface area contributed by atoms with Crippen molar-refractivity contribution in [3.05, 3.63) is 36.4 Å². The van der Waals surface area contributed by atoms with Gasteiger partial charge in [-0.3, -0.25) is 4.57 Å². The molecular weight excluding hydrogens is 319 g/mol. The van der Waals surface area contributed by atoms with Crippen molar-refractivity contribution in [1.29, 1.82) is 0 Å². The van der Waals surface area contributed by atoms with Crippen LogP contribution in [0.4, 0.5) is 0 Å². The van der Waals surface area contributed by atoms with E-state index in [9.17, 15) is 14.8 Å². The van der Waals surface area contributed by atoms with Crippen LogP contribution in [0.1, 0.15) is 6.92 Å². The number of hydrogen-bond acceptors (Lipinski definition) is 6. The number of rotatable bonds is 6. The first-order valence-corrected chi connectivity index (χ1v) is 8.58. The van der Waals surface area contributed by atoms with Crippen molar-refractivity contribution < 1.29 is 28.8 Å². The summed E-state index contributed by atoms with van der Waals surface area (Å²) in [6.07, 6.45) is 0. The molecule has 0 aliphatic carbocycles. The molecule has 0 unspecified atom stereocenters. The van der Waals surface area contributed by atoms with E-state index >= 15 is 0 Å². The van der Waals surface area contributed by atoms with Crippen molar-refractivity contribution in [3.63, 3.8) is 0 Å². The molecule has 2 N–H and O–H groups in total. The molecule has 124 valence electrons. The minimum atomic E-state index is -3.74. The summed E-state index contributed by atoms with van der Waals surface area (Å²) in [5.41, 5.74) is 0. The molecule has 23 heavy (non-hydrogen) atoms. The zero-order chi connectivity index (χ0) is 17.0. The quantitative estimate of drug-likeness (QED) is 0.787. The molecule has 0 aliphatic rings. The highest BCUT2D eigenvalue weighted by Crippen LogP contribution is 2.50. The van der Waals surface area contributed by atoms with Crippen LogP contribution in [0.25, 0.3) is 0 Å². The Morgan fingerprint density at radius 1 is 0.913 bits per heavy atom. The SMILES string of the molecule is CCOP(=O)(c1cc(OC)ccc1O)c1cc(OC)ccc1O. The van der Waals surface area contributed by atoms with Crippen LogP contribution < -0.4 is 20.1 Å². The minimum absolute atomic E-state index is 0.0576. The summed E-state index contributed by atoms with van der Waals surface area (Å²) in [5.74, 6) is 0.426. The van der Waals surface area contributed by atoms with Crippen molar-refractivity contribution in [2.24, 2.45) is 0 Å². The molecule has 0 heterocycles. The van der Waals surface area contributed by atoms with E-state index in [-0.39, 0.29) is 28.7 Å². The lowest BCUT2D eigenvalue weighted by atomic mass is 10.3. The summed E-state index contributed by atoms with van der Waals surface area (Å²) < 4.78 is 29.3. The van der Waals surface area contributed by atoms with Crippen LogP contribution in [-0.2, 0) is 9.09 Å². The molecule has 0 aliphatic heterocycles. The molecule has 0 aromatic heterocycles. The molecule has 0 saturated carbocycles. The second-order valence-electron chi connectivity index (χ2n) is 4.68. The second kappa shape index (κ2) is 6.94. The highest BCUT2D eigenvalue weighted by atomic mass is 31.2. The fraction of sp³-hybridized carbons (Fsp3) is 0.250. The van der Waals surface area contributed by atoms with Crippen LogP contribution in [-0.4, -0.2) is 31.0 Å². The highest BCUT2D eigenvalue weighted by molar-refractivity contribution is 7.74. The number of hydrogen-bond donors (Lipinski definition) is 2. The Morgan fingerprint density at radius 3 is 1.70 bits per heavy atom. The van der Waals surface area contributed by atoms with Gasteiger partial charge in [-0.05, 0) is 43.3 Å². The van der Waals surface area contributed by atoms with Crippen LogP contribution in [0, 0.1) is 0 Å². The minimum Gasteiger partial charge on any atom is -0.507 e. The zero-order valence-electron chi connectivity index (χ0n) is 13.1. The smallest absolute Gasteiger partial charge is 0.268 e. The van der Waals surface area contributed by atoms with Crippen LogP contribution >= 0.6 is 7.37 Å². The van der Waals surface area contributed by atoms with E-state index in [1.165, 1.54) is 38.5 Å². The van der Waals surface area contributed by atoms with E-state index in [4.69, 9.17) is 14.0 Å². The van der Waals surface area contributed by atoms with Crippen LogP contribution in [0.15, 0.2) is 36.4 Å². The van der Waals surface area contributed by atoms with E-state index in [1.54, 1.807) is 19.1 Å². The summed E-state index contributed by atoms with van der Waals surface area (Å²) in [5, 5.41) is 20.4. The standard InChI is InChI=1S/C16H19O6P/c1-4-22-23(19,15-9-11(20-2)5-7-13(15)17)16-10-12(21-3)6-8-14(16)18/h5-10,17-18H,4H2,1-3H3. The Hall–Kier alpha value is -2.17. The zero-order valence-corrected chi connectivity index (χ0v) is 14.0. The monoisotopic (exact) mass is 338 g/mol. The average Bonchev–Trinajstić information content (AvgIpc) is 2.55. The fourth-order valence-electron chi connectivity index (χ4n) is 2.18. The fourth-order valence-corrected chi connectivity index (χ4v) is 4.43.